The SMILES string of the molecule is O=C(CCCC[C@@H]1SC[C@@H]2NC(=O)N[C@@H]21)NCCOCCOCCOCCOCCOCCOCCOCCOCCOCCOCCOCCOCCC(=O)NCCCC[C@H](NC(=O)OCC1c2ccccc2-c2ccccc21)C(=O)O. The predicted molar refractivity (Wildman–Crippen MR) is 308 cm³/mol. The lowest BCUT2D eigenvalue weighted by Crippen LogP contribution is -2.41. The molecule has 5 rings (SSSR count). The molecule has 468 valence electrons. The van der Waals surface area contributed by atoms with Gasteiger partial charge in [0.25, 0.3) is 0 Å². The zero-order valence-electron chi connectivity index (χ0n) is 48.2. The molecular weight excluding hydrogens is 1100 g/mol. The van der Waals surface area contributed by atoms with Gasteiger partial charge in [0, 0.05) is 42.9 Å². The van der Waals surface area contributed by atoms with Gasteiger partial charge in [-0.25, -0.2) is 14.4 Å². The van der Waals surface area contributed by atoms with E-state index in [4.69, 9.17) is 61.6 Å². The Morgan fingerprint density at radius 1 is 0.518 bits per heavy atom. The summed E-state index contributed by atoms with van der Waals surface area (Å²) in [7, 11) is 0. The van der Waals surface area contributed by atoms with E-state index in [2.05, 4.69) is 26.6 Å². The summed E-state index contributed by atoms with van der Waals surface area (Å²) < 4.78 is 71.7. The first-order valence-corrected chi connectivity index (χ1v) is 30.3. The van der Waals surface area contributed by atoms with Gasteiger partial charge >= 0.3 is 18.1 Å². The van der Waals surface area contributed by atoms with Gasteiger partial charge in [-0.2, -0.15) is 11.8 Å². The summed E-state index contributed by atoms with van der Waals surface area (Å²) in [5, 5.41) is 24.2. The molecule has 2 aromatic carbocycles. The molecule has 0 radical (unpaired) electrons. The standard InChI is InChI=1S/C58H91N5O19S/c64-53(15-6-5-14-52-55-51(44-83-52)61-57(68)63-55)60-18-20-71-22-24-73-26-28-75-30-32-77-34-36-79-38-40-81-42-41-80-39-37-78-35-33-76-31-29-74-27-25-72-23-21-70-19-16-54(65)59-17-8-7-13-50(56(66)67)62-58(69)82-43-49-47-11-3-1-9-45(47)46-10-2-4-12-48(46)49/h1-4,9-12,49-52,55H,5-8,13-44H2,(H,59,65)(H,60,64)(H,62,69)(H,66,67)(H2,61,63,68)/t50-,51-,52-,55-/m0/s1. The second kappa shape index (κ2) is 44.7. The van der Waals surface area contributed by atoms with Crippen molar-refractivity contribution in [3.05, 3.63) is 59.7 Å². The van der Waals surface area contributed by atoms with Gasteiger partial charge in [-0.3, -0.25) is 9.59 Å². The van der Waals surface area contributed by atoms with Crippen LogP contribution in [0.25, 0.3) is 11.1 Å². The van der Waals surface area contributed by atoms with Gasteiger partial charge in [0.2, 0.25) is 11.8 Å². The van der Waals surface area contributed by atoms with Crippen LogP contribution in [-0.2, 0) is 76.0 Å². The lowest BCUT2D eigenvalue weighted by molar-refractivity contribution is -0.139. The monoisotopic (exact) mass is 1190 g/mol. The molecule has 4 atom stereocenters. The van der Waals surface area contributed by atoms with Crippen LogP contribution >= 0.6 is 11.8 Å². The van der Waals surface area contributed by atoms with Gasteiger partial charge in [0.15, 0.2) is 0 Å². The lowest BCUT2D eigenvalue weighted by Gasteiger charge is -2.17. The largest absolute Gasteiger partial charge is 0.480 e. The number of urea groups is 1. The average molecular weight is 1190 g/mol. The number of hydrogen-bond donors (Lipinski definition) is 6. The zero-order chi connectivity index (χ0) is 58.6. The topological polar surface area (TPSA) is 286 Å². The summed E-state index contributed by atoms with van der Waals surface area (Å²) in [5.74, 6) is -0.460. The molecule has 6 N–H and O–H groups in total. The lowest BCUT2D eigenvalue weighted by atomic mass is 9.98. The number of carboxylic acid groups (broad SMARTS) is 1. The summed E-state index contributed by atoms with van der Waals surface area (Å²) in [6, 6.07) is 15.2. The summed E-state index contributed by atoms with van der Waals surface area (Å²) in [6.07, 6.45) is 3.92. The first kappa shape index (κ1) is 69.0. The number of aliphatic carboxylic acids is 1. The Balaban J connectivity index is 0.647. The number of unbranched alkanes of at least 4 members (excludes halogenated alkanes) is 2. The van der Waals surface area contributed by atoms with Crippen molar-refractivity contribution in [2.75, 3.05) is 184 Å². The van der Waals surface area contributed by atoms with E-state index in [0.29, 0.717) is 190 Å². The number of alkyl carbamates (subject to hydrolysis) is 1. The van der Waals surface area contributed by atoms with E-state index in [9.17, 15) is 29.1 Å². The van der Waals surface area contributed by atoms with Crippen molar-refractivity contribution in [2.45, 2.75) is 80.7 Å². The molecule has 83 heavy (non-hydrogen) atoms. The molecule has 0 aromatic heterocycles. The minimum absolute atomic E-state index is 0.0329. The van der Waals surface area contributed by atoms with Crippen LogP contribution in [0, 0.1) is 0 Å². The van der Waals surface area contributed by atoms with Crippen LogP contribution in [0.4, 0.5) is 9.59 Å². The van der Waals surface area contributed by atoms with Gasteiger partial charge < -0.3 is 93.3 Å². The number of ether oxygens (including phenoxy) is 13. The van der Waals surface area contributed by atoms with E-state index in [1.54, 1.807) is 0 Å². The van der Waals surface area contributed by atoms with E-state index >= 15 is 0 Å². The number of fused-ring (bicyclic) bond motifs is 4. The Morgan fingerprint density at radius 2 is 0.952 bits per heavy atom. The zero-order valence-corrected chi connectivity index (χ0v) is 49.0. The van der Waals surface area contributed by atoms with E-state index < -0.39 is 18.1 Å². The maximum absolute atomic E-state index is 12.6. The summed E-state index contributed by atoms with van der Waals surface area (Å²) in [5.41, 5.74) is 4.35. The number of rotatable bonds is 53. The van der Waals surface area contributed by atoms with Crippen molar-refractivity contribution in [2.24, 2.45) is 0 Å². The van der Waals surface area contributed by atoms with Gasteiger partial charge in [0.1, 0.15) is 12.6 Å². The molecule has 2 aliphatic heterocycles. The number of nitrogens with one attached hydrogen (secondary N) is 5. The third-order valence-electron chi connectivity index (χ3n) is 13.4. The van der Waals surface area contributed by atoms with Gasteiger partial charge in [-0.15, -0.1) is 0 Å². The highest BCUT2D eigenvalue weighted by molar-refractivity contribution is 8.00. The normalized spacial score (nSPS) is 16.4. The molecule has 25 heteroatoms. The minimum Gasteiger partial charge on any atom is -0.480 e. The van der Waals surface area contributed by atoms with E-state index in [-0.39, 0.29) is 61.9 Å². The Hall–Kier alpha value is -4.74. The molecule has 3 aliphatic rings. The molecule has 0 unspecified atom stereocenters. The van der Waals surface area contributed by atoms with Crippen LogP contribution in [0.5, 0.6) is 0 Å². The van der Waals surface area contributed by atoms with Crippen molar-refractivity contribution in [1.29, 1.82) is 0 Å². The number of benzene rings is 2. The number of amides is 5. The highest BCUT2D eigenvalue weighted by atomic mass is 32.2. The van der Waals surface area contributed by atoms with Crippen molar-refractivity contribution in [3.63, 3.8) is 0 Å². The first-order valence-electron chi connectivity index (χ1n) is 29.3. The Bertz CT molecular complexity index is 2060. The molecule has 2 heterocycles. The second-order valence-corrected chi connectivity index (χ2v) is 20.8. The van der Waals surface area contributed by atoms with Gasteiger partial charge in [-0.05, 0) is 54.4 Å². The fourth-order valence-electron chi connectivity index (χ4n) is 9.14. The molecule has 2 aromatic rings. The minimum atomic E-state index is -1.15. The first-order chi connectivity index (χ1) is 40.8. The molecule has 5 amide bonds. The summed E-state index contributed by atoms with van der Waals surface area (Å²) in [6.45, 7) is 11.4. The quantitative estimate of drug-likeness (QED) is 0.0407. The van der Waals surface area contributed by atoms with Crippen LogP contribution in [0.3, 0.4) is 0 Å². The maximum atomic E-state index is 12.6. The molecular formula is C58H91N5O19S. The molecule has 24 nitrogen and oxygen atoms in total. The molecule has 2 fully saturated rings. The third-order valence-corrected chi connectivity index (χ3v) is 14.9. The number of carboxylic acids is 1. The van der Waals surface area contributed by atoms with Crippen molar-refractivity contribution >= 4 is 41.7 Å². The smallest absolute Gasteiger partial charge is 0.407 e. The summed E-state index contributed by atoms with van der Waals surface area (Å²) in [4.78, 5) is 60.3. The molecule has 1 aliphatic carbocycles. The number of thioether (sulfide) groups is 1. The van der Waals surface area contributed by atoms with Crippen molar-refractivity contribution in [3.8, 4) is 11.1 Å². The fourth-order valence-corrected chi connectivity index (χ4v) is 10.7. The van der Waals surface area contributed by atoms with Crippen LogP contribution in [0.15, 0.2) is 48.5 Å². The number of carbonyl (C=O) groups is 5. The van der Waals surface area contributed by atoms with E-state index in [1.807, 2.05) is 60.3 Å². The third kappa shape index (κ3) is 30.3. The van der Waals surface area contributed by atoms with E-state index in [0.717, 1.165) is 47.3 Å². The van der Waals surface area contributed by atoms with Gasteiger partial charge in [0.05, 0.1) is 171 Å². The van der Waals surface area contributed by atoms with E-state index in [1.165, 1.54) is 0 Å². The van der Waals surface area contributed by atoms with Crippen LogP contribution in [-0.4, -0.2) is 242 Å². The molecule has 2 saturated heterocycles. The maximum Gasteiger partial charge on any atom is 0.407 e. The second-order valence-electron chi connectivity index (χ2n) is 19.5. The van der Waals surface area contributed by atoms with Crippen LogP contribution in [0.2, 0.25) is 0 Å². The van der Waals surface area contributed by atoms with Crippen LogP contribution < -0.4 is 26.6 Å². The highest BCUT2D eigenvalue weighted by Crippen LogP contribution is 2.44. The molecule has 0 bridgehead atoms. The number of hydrogen-bond acceptors (Lipinski definition) is 19. The molecule has 0 spiro atoms. The Kier molecular flexibility index (Phi) is 37.2. The predicted octanol–water partition coefficient (Wildman–Crippen LogP) is 3.70. The van der Waals surface area contributed by atoms with Crippen molar-refractivity contribution < 1.29 is 90.7 Å². The summed E-state index contributed by atoms with van der Waals surface area (Å²) >= 11 is 1.90. The Labute approximate surface area is 492 Å². The number of carbonyl (C=O) groups excluding carboxylic acids is 4. The highest BCUT2D eigenvalue weighted by Gasteiger charge is 2.42. The Morgan fingerprint density at radius 3 is 1.43 bits per heavy atom. The van der Waals surface area contributed by atoms with Gasteiger partial charge in [-0.1, -0.05) is 55.0 Å². The average Bonchev–Trinajstić information content (AvgIpc) is 3.45. The van der Waals surface area contributed by atoms with Crippen molar-refractivity contribution in [1.82, 2.24) is 26.6 Å². The van der Waals surface area contributed by atoms with Crippen LogP contribution in [0.1, 0.15) is 68.4 Å². The fraction of sp³-hybridized carbons (Fsp3) is 0.707. The molecule has 0 saturated carbocycles.